The lowest BCUT2D eigenvalue weighted by Crippen LogP contribution is -2.37. The summed E-state index contributed by atoms with van der Waals surface area (Å²) in [5.74, 6) is 1.75. The Bertz CT molecular complexity index is 368. The fraction of sp³-hybridized carbons (Fsp3) is 0.462. The molecule has 0 radical (unpaired) electrons. The molecule has 0 aliphatic rings. The lowest BCUT2D eigenvalue weighted by Gasteiger charge is -2.13. The lowest BCUT2D eigenvalue weighted by atomic mass is 10.1. The molecular formula is C13H21N3O. The summed E-state index contributed by atoms with van der Waals surface area (Å²) in [5, 5.41) is 6.10. The molecule has 0 aliphatic heterocycles. The third-order valence-corrected chi connectivity index (χ3v) is 2.51. The van der Waals surface area contributed by atoms with Gasteiger partial charge < -0.3 is 15.4 Å². The van der Waals surface area contributed by atoms with Crippen LogP contribution in [0.15, 0.2) is 23.2 Å². The molecule has 0 atom stereocenters. The molecule has 0 amide bonds. The van der Waals surface area contributed by atoms with Crippen molar-refractivity contribution < 1.29 is 4.74 Å². The molecule has 0 heterocycles. The van der Waals surface area contributed by atoms with Crippen LogP contribution in [-0.2, 0) is 0 Å². The number of hydrogen-bond donors (Lipinski definition) is 2. The zero-order chi connectivity index (χ0) is 12.7. The molecule has 0 saturated heterocycles. The quantitative estimate of drug-likeness (QED) is 0.472. The monoisotopic (exact) mass is 235 g/mol. The Kier molecular flexibility index (Phi) is 5.33. The van der Waals surface area contributed by atoms with E-state index in [-0.39, 0.29) is 0 Å². The summed E-state index contributed by atoms with van der Waals surface area (Å²) in [7, 11) is 3.58. The van der Waals surface area contributed by atoms with E-state index in [2.05, 4.69) is 41.6 Å². The van der Waals surface area contributed by atoms with Crippen LogP contribution in [0.2, 0.25) is 0 Å². The van der Waals surface area contributed by atoms with E-state index < -0.39 is 0 Å². The number of aryl methyl sites for hydroxylation is 2. The molecular weight excluding hydrogens is 214 g/mol. The summed E-state index contributed by atoms with van der Waals surface area (Å²) in [5.41, 5.74) is 2.34. The van der Waals surface area contributed by atoms with Gasteiger partial charge in [0.25, 0.3) is 0 Å². The van der Waals surface area contributed by atoms with Crippen molar-refractivity contribution in [3.63, 3.8) is 0 Å². The van der Waals surface area contributed by atoms with Gasteiger partial charge in [0, 0.05) is 14.1 Å². The number of guanidine groups is 1. The fourth-order valence-electron chi connectivity index (χ4n) is 1.63. The maximum Gasteiger partial charge on any atom is 0.190 e. The highest BCUT2D eigenvalue weighted by molar-refractivity contribution is 5.79. The van der Waals surface area contributed by atoms with Gasteiger partial charge in [0.05, 0.1) is 6.54 Å². The predicted molar refractivity (Wildman–Crippen MR) is 71.8 cm³/mol. The molecule has 17 heavy (non-hydrogen) atoms. The topological polar surface area (TPSA) is 45.7 Å². The standard InChI is InChI=1S/C13H21N3O/c1-10-6-5-7-11(2)12(10)17-9-8-16-13(14-3)15-4/h5-7H,8-9H2,1-4H3,(H2,14,15,16). The van der Waals surface area contributed by atoms with Crippen LogP contribution >= 0.6 is 0 Å². The van der Waals surface area contributed by atoms with Crippen molar-refractivity contribution >= 4 is 5.96 Å². The molecule has 1 rings (SSSR count). The van der Waals surface area contributed by atoms with Crippen molar-refractivity contribution in [3.05, 3.63) is 29.3 Å². The highest BCUT2D eigenvalue weighted by Crippen LogP contribution is 2.21. The van der Waals surface area contributed by atoms with Crippen molar-refractivity contribution in [2.75, 3.05) is 27.2 Å². The number of nitrogens with zero attached hydrogens (tertiary/aromatic N) is 1. The number of hydrogen-bond acceptors (Lipinski definition) is 2. The molecule has 0 bridgehead atoms. The smallest absolute Gasteiger partial charge is 0.190 e. The Hall–Kier alpha value is -1.71. The Labute approximate surface area is 103 Å². The van der Waals surface area contributed by atoms with Gasteiger partial charge in [0.15, 0.2) is 5.96 Å². The Morgan fingerprint density at radius 2 is 1.94 bits per heavy atom. The largest absolute Gasteiger partial charge is 0.491 e. The third kappa shape index (κ3) is 3.98. The van der Waals surface area contributed by atoms with Gasteiger partial charge in [0.1, 0.15) is 12.4 Å². The third-order valence-electron chi connectivity index (χ3n) is 2.51. The van der Waals surface area contributed by atoms with Crippen molar-refractivity contribution in [2.24, 2.45) is 4.99 Å². The molecule has 94 valence electrons. The molecule has 0 spiro atoms. The van der Waals surface area contributed by atoms with Gasteiger partial charge in [-0.1, -0.05) is 18.2 Å². The van der Waals surface area contributed by atoms with Crippen LogP contribution in [0.3, 0.4) is 0 Å². The zero-order valence-electron chi connectivity index (χ0n) is 11.0. The van der Waals surface area contributed by atoms with Gasteiger partial charge >= 0.3 is 0 Å². The molecule has 0 fully saturated rings. The minimum absolute atomic E-state index is 0.617. The van der Waals surface area contributed by atoms with Crippen LogP contribution in [0.1, 0.15) is 11.1 Å². The van der Waals surface area contributed by atoms with Crippen LogP contribution in [0, 0.1) is 13.8 Å². The van der Waals surface area contributed by atoms with Crippen LogP contribution in [0.4, 0.5) is 0 Å². The highest BCUT2D eigenvalue weighted by atomic mass is 16.5. The van der Waals surface area contributed by atoms with E-state index in [1.807, 2.05) is 13.1 Å². The number of ether oxygens (including phenoxy) is 1. The molecule has 0 unspecified atom stereocenters. The lowest BCUT2D eigenvalue weighted by molar-refractivity contribution is 0.318. The van der Waals surface area contributed by atoms with E-state index >= 15 is 0 Å². The molecule has 0 saturated carbocycles. The fourth-order valence-corrected chi connectivity index (χ4v) is 1.63. The first-order valence-electron chi connectivity index (χ1n) is 5.76. The summed E-state index contributed by atoms with van der Waals surface area (Å²) in [4.78, 5) is 4.03. The first-order valence-corrected chi connectivity index (χ1v) is 5.76. The second kappa shape index (κ2) is 6.78. The SMILES string of the molecule is CN=C(NC)NCCOc1c(C)cccc1C. The van der Waals surface area contributed by atoms with E-state index in [4.69, 9.17) is 4.74 Å². The Morgan fingerprint density at radius 1 is 1.29 bits per heavy atom. The van der Waals surface area contributed by atoms with E-state index in [1.165, 1.54) is 11.1 Å². The number of para-hydroxylation sites is 1. The number of aliphatic imine (C=N–C) groups is 1. The van der Waals surface area contributed by atoms with E-state index in [9.17, 15) is 0 Å². The Morgan fingerprint density at radius 3 is 2.47 bits per heavy atom. The summed E-state index contributed by atoms with van der Waals surface area (Å²) < 4.78 is 5.76. The molecule has 4 heteroatoms. The molecule has 1 aromatic rings. The van der Waals surface area contributed by atoms with E-state index in [1.54, 1.807) is 7.05 Å². The summed E-state index contributed by atoms with van der Waals surface area (Å²) in [6.45, 7) is 5.46. The maximum atomic E-state index is 5.76. The second-order valence-corrected chi connectivity index (χ2v) is 3.82. The van der Waals surface area contributed by atoms with Gasteiger partial charge in [-0.05, 0) is 25.0 Å². The van der Waals surface area contributed by atoms with Crippen molar-refractivity contribution in [2.45, 2.75) is 13.8 Å². The average molecular weight is 235 g/mol. The van der Waals surface area contributed by atoms with Gasteiger partial charge in [-0.3, -0.25) is 4.99 Å². The van der Waals surface area contributed by atoms with Crippen LogP contribution in [0.5, 0.6) is 5.75 Å². The summed E-state index contributed by atoms with van der Waals surface area (Å²) in [6.07, 6.45) is 0. The van der Waals surface area contributed by atoms with Gasteiger partial charge in [-0.15, -0.1) is 0 Å². The van der Waals surface area contributed by atoms with Crippen molar-refractivity contribution in [1.29, 1.82) is 0 Å². The minimum atomic E-state index is 0.617. The number of rotatable bonds is 4. The maximum absolute atomic E-state index is 5.76. The Balaban J connectivity index is 2.41. The van der Waals surface area contributed by atoms with Crippen molar-refractivity contribution in [1.82, 2.24) is 10.6 Å². The van der Waals surface area contributed by atoms with Gasteiger partial charge in [-0.2, -0.15) is 0 Å². The van der Waals surface area contributed by atoms with Crippen molar-refractivity contribution in [3.8, 4) is 5.75 Å². The molecule has 1 aromatic carbocycles. The summed E-state index contributed by atoms with van der Waals surface area (Å²) in [6, 6.07) is 6.16. The van der Waals surface area contributed by atoms with Gasteiger partial charge in [0.2, 0.25) is 0 Å². The number of benzene rings is 1. The second-order valence-electron chi connectivity index (χ2n) is 3.82. The molecule has 0 aliphatic carbocycles. The van der Waals surface area contributed by atoms with Gasteiger partial charge in [-0.25, -0.2) is 0 Å². The van der Waals surface area contributed by atoms with Crippen LogP contribution in [0.25, 0.3) is 0 Å². The molecule has 4 nitrogen and oxygen atoms in total. The average Bonchev–Trinajstić information content (AvgIpc) is 2.32. The van der Waals surface area contributed by atoms with Crippen LogP contribution in [-0.4, -0.2) is 33.2 Å². The molecule has 2 N–H and O–H groups in total. The minimum Gasteiger partial charge on any atom is -0.491 e. The normalized spacial score (nSPS) is 11.2. The predicted octanol–water partition coefficient (Wildman–Crippen LogP) is 1.48. The number of nitrogens with one attached hydrogen (secondary N) is 2. The first-order chi connectivity index (χ1) is 8.19. The van der Waals surface area contributed by atoms with Crippen LogP contribution < -0.4 is 15.4 Å². The summed E-state index contributed by atoms with van der Waals surface area (Å²) >= 11 is 0. The molecule has 0 aromatic heterocycles. The zero-order valence-corrected chi connectivity index (χ0v) is 11.0. The van der Waals surface area contributed by atoms with E-state index in [0.717, 1.165) is 18.3 Å². The highest BCUT2D eigenvalue weighted by Gasteiger charge is 2.02. The first kappa shape index (κ1) is 13.4. The van der Waals surface area contributed by atoms with E-state index in [0.29, 0.717) is 6.61 Å².